The van der Waals surface area contributed by atoms with Gasteiger partial charge in [-0.1, -0.05) is 30.3 Å². The van der Waals surface area contributed by atoms with Gasteiger partial charge in [-0.05, 0) is 61.6 Å². The normalized spacial score (nSPS) is 21.7. The minimum Gasteiger partial charge on any atom is -0.322 e. The van der Waals surface area contributed by atoms with Gasteiger partial charge in [-0.2, -0.15) is 0 Å². The van der Waals surface area contributed by atoms with E-state index in [4.69, 9.17) is 0 Å². The average molecular weight is 343 g/mol. The first kappa shape index (κ1) is 17.0. The molecule has 2 saturated carbocycles. The number of halogens is 1. The number of rotatable bonds is 6. The van der Waals surface area contributed by atoms with Crippen LogP contribution in [0, 0.1) is 5.92 Å². The van der Waals surface area contributed by atoms with E-state index < -0.39 is 0 Å². The largest absolute Gasteiger partial charge is 0.322 e. The second-order valence-corrected chi connectivity index (χ2v) is 6.74. The number of nitrogens with one attached hydrogen (secondary N) is 2. The highest BCUT2D eigenvalue weighted by molar-refractivity contribution is 6.04. The van der Waals surface area contributed by atoms with E-state index in [0.29, 0.717) is 17.5 Å². The Bertz CT molecular complexity index is 683. The van der Waals surface area contributed by atoms with Gasteiger partial charge >= 0.3 is 0 Å². The van der Waals surface area contributed by atoms with Crippen LogP contribution in [0.1, 0.15) is 41.1 Å². The van der Waals surface area contributed by atoms with Gasteiger partial charge in [-0.15, -0.1) is 12.4 Å². The van der Waals surface area contributed by atoms with Crippen molar-refractivity contribution in [2.45, 2.75) is 31.2 Å². The first-order valence-corrected chi connectivity index (χ1v) is 8.49. The number of para-hydroxylation sites is 1. The van der Waals surface area contributed by atoms with Crippen LogP contribution in [0.2, 0.25) is 0 Å². The molecule has 0 unspecified atom stereocenters. The Morgan fingerprint density at radius 1 is 1.00 bits per heavy atom. The van der Waals surface area contributed by atoms with Crippen LogP contribution in [0.5, 0.6) is 0 Å². The molecule has 0 spiro atoms. The molecule has 2 N–H and O–H groups in total. The Labute approximate surface area is 149 Å². The first-order valence-electron chi connectivity index (χ1n) is 8.49. The molecular formula is C20H23ClN2O. The fraction of sp³-hybridized carbons (Fsp3) is 0.350. The molecule has 0 heterocycles. The van der Waals surface area contributed by atoms with Crippen molar-refractivity contribution in [2.24, 2.45) is 5.92 Å². The van der Waals surface area contributed by atoms with Crippen LogP contribution < -0.4 is 10.6 Å². The van der Waals surface area contributed by atoms with E-state index >= 15 is 0 Å². The zero-order valence-corrected chi connectivity index (χ0v) is 14.4. The van der Waals surface area contributed by atoms with Crippen molar-refractivity contribution in [3.05, 3.63) is 65.7 Å². The Morgan fingerprint density at radius 2 is 1.71 bits per heavy atom. The molecule has 0 saturated heterocycles. The third-order valence-corrected chi connectivity index (χ3v) is 4.79. The number of anilines is 1. The van der Waals surface area contributed by atoms with E-state index in [1.165, 1.54) is 31.4 Å². The molecule has 2 aromatic rings. The lowest BCUT2D eigenvalue weighted by molar-refractivity contribution is 0.102. The van der Waals surface area contributed by atoms with Crippen LogP contribution >= 0.6 is 12.4 Å². The smallest absolute Gasteiger partial charge is 0.255 e. The molecule has 126 valence electrons. The minimum atomic E-state index is -0.0537. The summed E-state index contributed by atoms with van der Waals surface area (Å²) in [5, 5.41) is 6.58. The van der Waals surface area contributed by atoms with Crippen LogP contribution in [0.4, 0.5) is 5.69 Å². The van der Waals surface area contributed by atoms with E-state index in [1.54, 1.807) is 0 Å². The lowest BCUT2D eigenvalue weighted by atomic mass is 10.1. The van der Waals surface area contributed by atoms with Gasteiger partial charge in [-0.3, -0.25) is 4.79 Å². The fourth-order valence-corrected chi connectivity index (χ4v) is 3.04. The maximum absolute atomic E-state index is 12.2. The first-order chi connectivity index (χ1) is 11.3. The van der Waals surface area contributed by atoms with E-state index in [2.05, 4.69) is 22.8 Å². The average Bonchev–Trinajstić information content (AvgIpc) is 3.48. The van der Waals surface area contributed by atoms with E-state index in [-0.39, 0.29) is 18.3 Å². The number of benzene rings is 2. The topological polar surface area (TPSA) is 41.1 Å². The predicted octanol–water partition coefficient (Wildman–Crippen LogP) is 4.22. The molecule has 4 heteroatoms. The maximum atomic E-state index is 12.2. The van der Waals surface area contributed by atoms with Crippen molar-refractivity contribution in [3.63, 3.8) is 0 Å². The van der Waals surface area contributed by atoms with Crippen molar-refractivity contribution >= 4 is 24.0 Å². The molecule has 2 atom stereocenters. The Balaban J connectivity index is 0.00000169. The van der Waals surface area contributed by atoms with Gasteiger partial charge in [0.05, 0.1) is 0 Å². The molecule has 2 aliphatic carbocycles. The Kier molecular flexibility index (Phi) is 5.22. The quantitative estimate of drug-likeness (QED) is 0.825. The molecule has 2 aliphatic rings. The van der Waals surface area contributed by atoms with Crippen molar-refractivity contribution in [2.75, 3.05) is 11.9 Å². The highest BCUT2D eigenvalue weighted by Gasteiger charge is 2.38. The Morgan fingerprint density at radius 3 is 2.38 bits per heavy atom. The maximum Gasteiger partial charge on any atom is 0.255 e. The number of hydrogen-bond donors (Lipinski definition) is 2. The van der Waals surface area contributed by atoms with E-state index in [1.807, 2.05) is 42.5 Å². The van der Waals surface area contributed by atoms with Crippen molar-refractivity contribution in [1.29, 1.82) is 0 Å². The summed E-state index contributed by atoms with van der Waals surface area (Å²) in [7, 11) is 0. The van der Waals surface area contributed by atoms with Crippen molar-refractivity contribution in [3.8, 4) is 0 Å². The zero-order valence-electron chi connectivity index (χ0n) is 13.6. The monoisotopic (exact) mass is 342 g/mol. The van der Waals surface area contributed by atoms with Gasteiger partial charge in [-0.25, -0.2) is 0 Å². The molecule has 1 amide bonds. The van der Waals surface area contributed by atoms with Crippen molar-refractivity contribution < 1.29 is 4.79 Å². The Hall–Kier alpha value is -1.84. The van der Waals surface area contributed by atoms with Gasteiger partial charge in [0, 0.05) is 23.2 Å². The van der Waals surface area contributed by atoms with E-state index in [9.17, 15) is 4.79 Å². The lowest BCUT2D eigenvalue weighted by Crippen LogP contribution is -2.20. The molecule has 2 fully saturated rings. The van der Waals surface area contributed by atoms with Gasteiger partial charge in [0.25, 0.3) is 5.91 Å². The molecule has 0 aliphatic heterocycles. The third kappa shape index (κ3) is 4.16. The number of carbonyl (C=O) groups excluding carboxylic acids is 1. The molecule has 0 bridgehead atoms. The fourth-order valence-electron chi connectivity index (χ4n) is 3.04. The summed E-state index contributed by atoms with van der Waals surface area (Å²) in [6.07, 6.45) is 4.02. The van der Waals surface area contributed by atoms with E-state index in [0.717, 1.165) is 11.6 Å². The van der Waals surface area contributed by atoms with Crippen molar-refractivity contribution in [1.82, 2.24) is 5.32 Å². The molecule has 2 aromatic carbocycles. The molecule has 4 rings (SSSR count). The minimum absolute atomic E-state index is 0. The van der Waals surface area contributed by atoms with Crippen LogP contribution in [-0.2, 0) is 0 Å². The zero-order chi connectivity index (χ0) is 15.6. The highest BCUT2D eigenvalue weighted by Crippen LogP contribution is 2.41. The lowest BCUT2D eigenvalue weighted by Gasteiger charge is -2.07. The van der Waals surface area contributed by atoms with Gasteiger partial charge < -0.3 is 10.6 Å². The van der Waals surface area contributed by atoms with Crippen LogP contribution in [0.25, 0.3) is 0 Å². The summed E-state index contributed by atoms with van der Waals surface area (Å²) in [6.45, 7) is 1.18. The predicted molar refractivity (Wildman–Crippen MR) is 100.0 cm³/mol. The second-order valence-electron chi connectivity index (χ2n) is 6.74. The summed E-state index contributed by atoms with van der Waals surface area (Å²) in [6, 6.07) is 18.3. The number of amides is 1. The van der Waals surface area contributed by atoms with Gasteiger partial charge in [0.2, 0.25) is 0 Å². The van der Waals surface area contributed by atoms with Crippen LogP contribution in [-0.4, -0.2) is 18.5 Å². The van der Waals surface area contributed by atoms with Crippen LogP contribution in [0.15, 0.2) is 54.6 Å². The molecule has 24 heavy (non-hydrogen) atoms. The number of hydrogen-bond acceptors (Lipinski definition) is 2. The standard InChI is InChI=1S/C20H22N2O.ClH/c23-20(22-17-4-2-1-3-5-17)16-10-8-15(9-11-16)18-12-19(18)21-13-14-6-7-14;/h1-5,8-11,14,18-19,21H,6-7,12-13H2,(H,22,23);1H/t18-,19+;/m0./s1. The van der Waals surface area contributed by atoms with Gasteiger partial charge in [0.15, 0.2) is 0 Å². The molecule has 0 radical (unpaired) electrons. The summed E-state index contributed by atoms with van der Waals surface area (Å²) >= 11 is 0. The third-order valence-electron chi connectivity index (χ3n) is 4.79. The molecule has 0 aromatic heterocycles. The highest BCUT2D eigenvalue weighted by atomic mass is 35.5. The summed E-state index contributed by atoms with van der Waals surface area (Å²) in [5.74, 6) is 1.50. The summed E-state index contributed by atoms with van der Waals surface area (Å²) < 4.78 is 0. The van der Waals surface area contributed by atoms with Crippen LogP contribution in [0.3, 0.4) is 0 Å². The summed E-state index contributed by atoms with van der Waals surface area (Å²) in [4.78, 5) is 12.2. The van der Waals surface area contributed by atoms with Gasteiger partial charge in [0.1, 0.15) is 0 Å². The number of carbonyl (C=O) groups is 1. The SMILES string of the molecule is Cl.O=C(Nc1ccccc1)c1ccc([C@@H]2C[C@H]2NCC2CC2)cc1. The molecule has 3 nitrogen and oxygen atoms in total. The summed E-state index contributed by atoms with van der Waals surface area (Å²) in [5.41, 5.74) is 2.88. The second kappa shape index (κ2) is 7.37. The molecular weight excluding hydrogens is 320 g/mol.